The number of hydrogen-bond acceptors (Lipinski definition) is 4. The molecule has 0 bridgehead atoms. The van der Waals surface area contributed by atoms with Crippen LogP contribution in [0.15, 0.2) is 5.16 Å². The van der Waals surface area contributed by atoms with Crippen LogP contribution in [0.5, 0.6) is 0 Å². The summed E-state index contributed by atoms with van der Waals surface area (Å²) >= 11 is 0. The summed E-state index contributed by atoms with van der Waals surface area (Å²) in [5.74, 6) is -0.118. The van der Waals surface area contributed by atoms with E-state index in [0.29, 0.717) is 0 Å². The molecule has 0 aromatic carbocycles. The van der Waals surface area contributed by atoms with Crippen LogP contribution in [-0.4, -0.2) is 23.4 Å². The van der Waals surface area contributed by atoms with E-state index in [1.807, 2.05) is 20.8 Å². The Morgan fingerprint density at radius 3 is 2.93 bits per heavy atom. The molecular formula is C11H17NO3. The molecule has 1 aliphatic heterocycles. The van der Waals surface area contributed by atoms with Crippen molar-refractivity contribution in [2.45, 2.75) is 51.7 Å². The third-order valence-electron chi connectivity index (χ3n) is 2.66. The minimum absolute atomic E-state index is 0.167. The average molecular weight is 211 g/mol. The van der Waals surface area contributed by atoms with E-state index < -0.39 is 11.7 Å². The fraction of sp³-hybridized carbons (Fsp3) is 0.818. The molecule has 1 heterocycles. The Morgan fingerprint density at radius 1 is 1.53 bits per heavy atom. The second kappa shape index (κ2) is 3.51. The number of hydrogen-bond donors (Lipinski definition) is 0. The molecule has 1 saturated carbocycles. The van der Waals surface area contributed by atoms with Crippen molar-refractivity contribution >= 4 is 11.7 Å². The van der Waals surface area contributed by atoms with Crippen LogP contribution in [0, 0.1) is 5.92 Å². The van der Waals surface area contributed by atoms with E-state index in [1.165, 1.54) is 0 Å². The van der Waals surface area contributed by atoms with Gasteiger partial charge in [-0.15, -0.1) is 0 Å². The molecule has 2 atom stereocenters. The van der Waals surface area contributed by atoms with E-state index in [1.54, 1.807) is 0 Å². The maximum atomic E-state index is 11.8. The average Bonchev–Trinajstić information content (AvgIpc) is 2.57. The van der Waals surface area contributed by atoms with Gasteiger partial charge in [-0.25, -0.2) is 4.79 Å². The Labute approximate surface area is 89.6 Å². The Balaban J connectivity index is 1.99. The third-order valence-corrected chi connectivity index (χ3v) is 2.66. The molecular weight excluding hydrogens is 194 g/mol. The maximum Gasteiger partial charge on any atom is 0.351 e. The van der Waals surface area contributed by atoms with Gasteiger partial charge in [0.2, 0.25) is 6.10 Å². The minimum atomic E-state index is -0.498. The number of oxime groups is 1. The van der Waals surface area contributed by atoms with Crippen LogP contribution in [0.1, 0.15) is 40.0 Å². The van der Waals surface area contributed by atoms with E-state index in [2.05, 4.69) is 5.16 Å². The van der Waals surface area contributed by atoms with Crippen molar-refractivity contribution in [3.05, 3.63) is 0 Å². The lowest BCUT2D eigenvalue weighted by Crippen LogP contribution is -2.35. The first-order valence-electron chi connectivity index (χ1n) is 5.43. The summed E-state index contributed by atoms with van der Waals surface area (Å²) in [7, 11) is 0. The molecule has 4 nitrogen and oxygen atoms in total. The highest BCUT2D eigenvalue weighted by Crippen LogP contribution is 2.33. The number of rotatable bonds is 1. The monoisotopic (exact) mass is 211 g/mol. The molecule has 2 rings (SSSR count). The highest BCUT2D eigenvalue weighted by atomic mass is 16.7. The number of nitrogens with zero attached hydrogens (tertiary/aromatic N) is 1. The zero-order valence-electron chi connectivity index (χ0n) is 9.45. The Morgan fingerprint density at radius 2 is 2.27 bits per heavy atom. The summed E-state index contributed by atoms with van der Waals surface area (Å²) in [6.07, 6.45) is 2.56. The van der Waals surface area contributed by atoms with Crippen molar-refractivity contribution in [1.82, 2.24) is 0 Å². The summed E-state index contributed by atoms with van der Waals surface area (Å²) in [6.45, 7) is 5.57. The van der Waals surface area contributed by atoms with Crippen LogP contribution in [0.3, 0.4) is 0 Å². The molecule has 4 heteroatoms. The van der Waals surface area contributed by atoms with Gasteiger partial charge in [0, 0.05) is 0 Å². The predicted molar refractivity (Wildman–Crippen MR) is 55.5 cm³/mol. The highest BCUT2D eigenvalue weighted by Gasteiger charge is 2.43. The molecule has 2 aliphatic rings. The molecule has 0 aromatic rings. The Hall–Kier alpha value is -1.06. The smallest absolute Gasteiger partial charge is 0.351 e. The zero-order chi connectivity index (χ0) is 11.1. The van der Waals surface area contributed by atoms with Gasteiger partial charge in [0.25, 0.3) is 0 Å². The van der Waals surface area contributed by atoms with Crippen molar-refractivity contribution in [2.75, 3.05) is 0 Å². The lowest BCUT2D eigenvalue weighted by molar-refractivity contribution is -0.169. The molecule has 0 aromatic heterocycles. The quantitative estimate of drug-likeness (QED) is 0.622. The highest BCUT2D eigenvalue weighted by molar-refractivity contribution is 5.94. The largest absolute Gasteiger partial charge is 0.457 e. The number of carbonyl (C=O) groups is 1. The first kappa shape index (κ1) is 10.5. The van der Waals surface area contributed by atoms with Gasteiger partial charge in [-0.2, -0.15) is 0 Å². The molecule has 84 valence electrons. The summed E-state index contributed by atoms with van der Waals surface area (Å²) < 4.78 is 5.29. The number of esters is 1. The van der Waals surface area contributed by atoms with Gasteiger partial charge >= 0.3 is 5.97 Å². The Bertz CT molecular complexity index is 303. The van der Waals surface area contributed by atoms with E-state index in [0.717, 1.165) is 25.0 Å². The third kappa shape index (κ3) is 2.13. The minimum Gasteiger partial charge on any atom is -0.457 e. The van der Waals surface area contributed by atoms with E-state index in [9.17, 15) is 4.79 Å². The molecule has 0 N–H and O–H groups in total. The first-order chi connectivity index (χ1) is 6.97. The van der Waals surface area contributed by atoms with Crippen LogP contribution < -0.4 is 0 Å². The fourth-order valence-corrected chi connectivity index (χ4v) is 2.06. The van der Waals surface area contributed by atoms with Crippen LogP contribution in [0.4, 0.5) is 0 Å². The van der Waals surface area contributed by atoms with Gasteiger partial charge in [0.05, 0.1) is 11.6 Å². The van der Waals surface area contributed by atoms with Crippen molar-refractivity contribution in [2.24, 2.45) is 11.1 Å². The summed E-state index contributed by atoms with van der Waals surface area (Å²) in [5.41, 5.74) is 0.577. The number of ether oxygens (including phenoxy) is 1. The molecule has 1 fully saturated rings. The van der Waals surface area contributed by atoms with Crippen molar-refractivity contribution in [1.29, 1.82) is 0 Å². The second-order valence-corrected chi connectivity index (χ2v) is 5.14. The van der Waals surface area contributed by atoms with Crippen LogP contribution in [-0.2, 0) is 14.4 Å². The molecule has 0 radical (unpaired) electrons. The van der Waals surface area contributed by atoms with Crippen molar-refractivity contribution in [3.8, 4) is 0 Å². The van der Waals surface area contributed by atoms with Gasteiger partial charge in [-0.05, 0) is 40.0 Å². The maximum absolute atomic E-state index is 11.8. The number of fused-ring (bicyclic) bond motifs is 1. The first-order valence-corrected chi connectivity index (χ1v) is 5.43. The Kier molecular flexibility index (Phi) is 2.44. The van der Waals surface area contributed by atoms with Crippen molar-refractivity contribution < 1.29 is 14.4 Å². The lowest BCUT2D eigenvalue weighted by Gasteiger charge is -2.22. The van der Waals surface area contributed by atoms with E-state index in [-0.39, 0.29) is 11.9 Å². The fourth-order valence-electron chi connectivity index (χ4n) is 2.06. The normalized spacial score (nSPS) is 29.4. The standard InChI is InChI=1S/C11H17NO3/c1-11(2,3)14-10(13)9-7-5-4-6-8(7)12-15-9/h7,9H,4-6H2,1-3H3/t7-,9-/m0/s1. The molecule has 0 amide bonds. The molecule has 0 unspecified atom stereocenters. The van der Waals surface area contributed by atoms with Gasteiger partial charge in [0.15, 0.2) is 0 Å². The topological polar surface area (TPSA) is 47.9 Å². The van der Waals surface area contributed by atoms with Gasteiger partial charge in [0.1, 0.15) is 5.60 Å². The second-order valence-electron chi connectivity index (χ2n) is 5.14. The van der Waals surface area contributed by atoms with Gasteiger partial charge in [-0.1, -0.05) is 5.16 Å². The predicted octanol–water partition coefficient (Wildman–Crippen LogP) is 1.88. The van der Waals surface area contributed by atoms with Crippen LogP contribution >= 0.6 is 0 Å². The van der Waals surface area contributed by atoms with E-state index >= 15 is 0 Å². The van der Waals surface area contributed by atoms with Crippen LogP contribution in [0.2, 0.25) is 0 Å². The zero-order valence-corrected chi connectivity index (χ0v) is 9.45. The van der Waals surface area contributed by atoms with Crippen molar-refractivity contribution in [3.63, 3.8) is 0 Å². The van der Waals surface area contributed by atoms with E-state index in [4.69, 9.17) is 9.57 Å². The summed E-state index contributed by atoms with van der Waals surface area (Å²) in [4.78, 5) is 16.9. The molecule has 15 heavy (non-hydrogen) atoms. The molecule has 0 saturated heterocycles. The SMILES string of the molecule is CC(C)(C)OC(=O)[C@H]1ON=C2CCC[C@@H]21. The number of carbonyl (C=O) groups excluding carboxylic acids is 1. The van der Waals surface area contributed by atoms with Gasteiger partial charge in [-0.3, -0.25) is 0 Å². The lowest BCUT2D eigenvalue weighted by atomic mass is 10.00. The van der Waals surface area contributed by atoms with Gasteiger partial charge < -0.3 is 9.57 Å². The molecule has 0 spiro atoms. The summed E-state index contributed by atoms with van der Waals surface area (Å²) in [5, 5.41) is 3.95. The summed E-state index contributed by atoms with van der Waals surface area (Å²) in [6, 6.07) is 0. The molecule has 1 aliphatic carbocycles. The van der Waals surface area contributed by atoms with Crippen LogP contribution in [0.25, 0.3) is 0 Å².